The molecular weight excluding hydrogens is 496 g/mol. The molecule has 39 heavy (non-hydrogen) atoms. The average Bonchev–Trinajstić information content (AvgIpc) is 2.98. The van der Waals surface area contributed by atoms with Gasteiger partial charge < -0.3 is 14.2 Å². The summed E-state index contributed by atoms with van der Waals surface area (Å²) in [6, 6.07) is 28.9. The summed E-state index contributed by atoms with van der Waals surface area (Å²) in [7, 11) is 0. The number of rotatable bonds is 10. The zero-order chi connectivity index (χ0) is 27.5. The highest BCUT2D eigenvalue weighted by molar-refractivity contribution is 5.94. The first kappa shape index (κ1) is 26.8. The summed E-state index contributed by atoms with van der Waals surface area (Å²) in [5.41, 5.74) is 4.63. The van der Waals surface area contributed by atoms with Crippen LogP contribution in [0.1, 0.15) is 38.8 Å². The van der Waals surface area contributed by atoms with Crippen LogP contribution in [0.25, 0.3) is 0 Å². The molecule has 0 radical (unpaired) electrons. The van der Waals surface area contributed by atoms with E-state index in [2.05, 4.69) is 17.5 Å². The molecule has 0 saturated carbocycles. The first-order valence-electron chi connectivity index (χ1n) is 12.2. The van der Waals surface area contributed by atoms with E-state index in [-0.39, 0.29) is 18.1 Å². The topological polar surface area (TPSA) is 103 Å². The summed E-state index contributed by atoms with van der Waals surface area (Å²) >= 11 is 0. The van der Waals surface area contributed by atoms with Gasteiger partial charge in [-0.2, -0.15) is 5.10 Å². The predicted octanol–water partition coefficient (Wildman–Crippen LogP) is 5.22. The van der Waals surface area contributed by atoms with Gasteiger partial charge in [-0.15, -0.1) is 0 Å². The van der Waals surface area contributed by atoms with Crippen LogP contribution in [-0.2, 0) is 11.2 Å². The lowest BCUT2D eigenvalue weighted by molar-refractivity contribution is -0.123. The molecule has 1 amide bonds. The van der Waals surface area contributed by atoms with Crippen molar-refractivity contribution in [2.45, 2.75) is 13.3 Å². The Balaban J connectivity index is 1.45. The van der Waals surface area contributed by atoms with Gasteiger partial charge in [0.15, 0.2) is 6.61 Å². The van der Waals surface area contributed by atoms with Crippen molar-refractivity contribution >= 4 is 24.1 Å². The number of aryl methyl sites for hydroxylation is 1. The van der Waals surface area contributed by atoms with Crippen LogP contribution in [0.4, 0.5) is 0 Å². The monoisotopic (exact) mass is 522 g/mol. The minimum absolute atomic E-state index is 0.0903. The number of ether oxygens (including phenoxy) is 3. The lowest BCUT2D eigenvalue weighted by Crippen LogP contribution is -2.24. The molecule has 0 spiro atoms. The molecule has 0 aliphatic heterocycles. The minimum atomic E-state index is -0.608. The highest BCUT2D eigenvalue weighted by atomic mass is 16.5. The first-order chi connectivity index (χ1) is 19.0. The Morgan fingerprint density at radius 3 is 1.95 bits per heavy atom. The number of carbonyl (C=O) groups is 3. The summed E-state index contributed by atoms with van der Waals surface area (Å²) in [6.45, 7) is 1.83. The predicted molar refractivity (Wildman–Crippen MR) is 146 cm³/mol. The Hall–Kier alpha value is -5.24. The smallest absolute Gasteiger partial charge is 0.343 e. The van der Waals surface area contributed by atoms with Gasteiger partial charge in [-0.25, -0.2) is 15.0 Å². The third kappa shape index (κ3) is 7.87. The quantitative estimate of drug-likeness (QED) is 0.133. The van der Waals surface area contributed by atoms with Crippen molar-refractivity contribution in [2.24, 2.45) is 5.10 Å². The van der Waals surface area contributed by atoms with Crippen molar-refractivity contribution in [3.8, 4) is 17.2 Å². The summed E-state index contributed by atoms with van der Waals surface area (Å²) < 4.78 is 16.5. The molecule has 0 aliphatic carbocycles. The van der Waals surface area contributed by atoms with E-state index in [4.69, 9.17) is 14.2 Å². The van der Waals surface area contributed by atoms with Gasteiger partial charge in [0.25, 0.3) is 5.91 Å². The highest BCUT2D eigenvalue weighted by Gasteiger charge is 2.15. The maximum Gasteiger partial charge on any atom is 0.343 e. The average molecular weight is 523 g/mol. The lowest BCUT2D eigenvalue weighted by Gasteiger charge is -2.11. The van der Waals surface area contributed by atoms with Crippen molar-refractivity contribution in [1.29, 1.82) is 0 Å². The zero-order valence-corrected chi connectivity index (χ0v) is 21.2. The van der Waals surface area contributed by atoms with Crippen LogP contribution in [0, 0.1) is 0 Å². The number of benzene rings is 4. The highest BCUT2D eigenvalue weighted by Crippen LogP contribution is 2.26. The number of esters is 2. The van der Waals surface area contributed by atoms with Crippen LogP contribution in [0.15, 0.2) is 108 Å². The van der Waals surface area contributed by atoms with Crippen molar-refractivity contribution in [2.75, 3.05) is 6.61 Å². The molecule has 0 heterocycles. The van der Waals surface area contributed by atoms with Gasteiger partial charge in [-0.1, -0.05) is 55.5 Å². The van der Waals surface area contributed by atoms with Crippen LogP contribution in [0.3, 0.4) is 0 Å². The summed E-state index contributed by atoms with van der Waals surface area (Å²) in [6.07, 6.45) is 2.24. The van der Waals surface area contributed by atoms with Crippen LogP contribution >= 0.6 is 0 Å². The summed E-state index contributed by atoms with van der Waals surface area (Å²) in [4.78, 5) is 37.4. The molecular formula is C31H26N2O6. The van der Waals surface area contributed by atoms with Gasteiger partial charge >= 0.3 is 11.9 Å². The maximum absolute atomic E-state index is 12.7. The second-order valence-electron chi connectivity index (χ2n) is 8.29. The molecule has 196 valence electrons. The Kier molecular flexibility index (Phi) is 9.18. The number of nitrogens with one attached hydrogen (secondary N) is 1. The van der Waals surface area contributed by atoms with Crippen molar-refractivity contribution < 1.29 is 28.6 Å². The van der Waals surface area contributed by atoms with E-state index in [0.29, 0.717) is 22.4 Å². The number of nitrogens with zero attached hydrogens (tertiary/aromatic N) is 1. The van der Waals surface area contributed by atoms with E-state index in [0.717, 1.165) is 6.42 Å². The van der Waals surface area contributed by atoms with Gasteiger partial charge in [0.05, 0.1) is 17.3 Å². The normalized spacial score (nSPS) is 10.6. The molecule has 0 bridgehead atoms. The molecule has 8 nitrogen and oxygen atoms in total. The number of hydrogen-bond acceptors (Lipinski definition) is 7. The molecule has 0 unspecified atom stereocenters. The van der Waals surface area contributed by atoms with E-state index >= 15 is 0 Å². The van der Waals surface area contributed by atoms with Crippen LogP contribution in [0.5, 0.6) is 17.2 Å². The van der Waals surface area contributed by atoms with E-state index in [1.54, 1.807) is 78.9 Å². The standard InChI is InChI=1S/C31H26N2O6/c1-2-22-13-16-26(17-14-22)37-21-29(34)33-32-20-25-15-18-27(38-30(35)23-9-5-3-6-10-23)19-28(25)39-31(36)24-11-7-4-8-12-24/h3-20H,2,21H2,1H3,(H,33,34). The molecule has 0 saturated heterocycles. The fourth-order valence-corrected chi connectivity index (χ4v) is 3.42. The molecule has 0 atom stereocenters. The van der Waals surface area contributed by atoms with E-state index in [1.807, 2.05) is 12.1 Å². The fourth-order valence-electron chi connectivity index (χ4n) is 3.42. The number of carbonyl (C=O) groups excluding carboxylic acids is 3. The van der Waals surface area contributed by atoms with Gasteiger partial charge in [0.1, 0.15) is 17.2 Å². The number of hydrogen-bond donors (Lipinski definition) is 1. The maximum atomic E-state index is 12.7. The second-order valence-corrected chi connectivity index (χ2v) is 8.29. The van der Waals surface area contributed by atoms with Crippen LogP contribution in [-0.4, -0.2) is 30.7 Å². The Morgan fingerprint density at radius 1 is 0.744 bits per heavy atom. The minimum Gasteiger partial charge on any atom is -0.484 e. The summed E-state index contributed by atoms with van der Waals surface area (Å²) in [5, 5.41) is 3.96. The molecule has 8 heteroatoms. The van der Waals surface area contributed by atoms with E-state index in [1.165, 1.54) is 23.9 Å². The molecule has 4 rings (SSSR count). The van der Waals surface area contributed by atoms with Crippen molar-refractivity contribution in [3.05, 3.63) is 125 Å². The van der Waals surface area contributed by atoms with Crippen LogP contribution < -0.4 is 19.6 Å². The van der Waals surface area contributed by atoms with Crippen molar-refractivity contribution in [3.63, 3.8) is 0 Å². The third-order valence-electron chi connectivity index (χ3n) is 5.51. The van der Waals surface area contributed by atoms with Gasteiger partial charge in [0.2, 0.25) is 0 Å². The van der Waals surface area contributed by atoms with Gasteiger partial charge in [-0.05, 0) is 60.5 Å². The fraction of sp³-hybridized carbons (Fsp3) is 0.0968. The van der Waals surface area contributed by atoms with Gasteiger partial charge in [-0.3, -0.25) is 4.79 Å². The summed E-state index contributed by atoms with van der Waals surface area (Å²) in [5.74, 6) is -0.808. The Morgan fingerprint density at radius 2 is 1.33 bits per heavy atom. The SMILES string of the molecule is CCc1ccc(OCC(=O)NN=Cc2ccc(OC(=O)c3ccccc3)cc2OC(=O)c2ccccc2)cc1. The number of hydrazone groups is 1. The Labute approximate surface area is 225 Å². The Bertz CT molecular complexity index is 1450. The van der Waals surface area contributed by atoms with Crippen molar-refractivity contribution in [1.82, 2.24) is 5.43 Å². The number of amides is 1. The molecule has 0 aromatic heterocycles. The molecule has 0 aliphatic rings. The molecule has 4 aromatic carbocycles. The first-order valence-corrected chi connectivity index (χ1v) is 12.2. The van der Waals surface area contributed by atoms with Gasteiger partial charge in [0, 0.05) is 11.6 Å². The zero-order valence-electron chi connectivity index (χ0n) is 21.2. The second kappa shape index (κ2) is 13.3. The molecule has 4 aromatic rings. The molecule has 0 fully saturated rings. The lowest BCUT2D eigenvalue weighted by atomic mass is 10.2. The van der Waals surface area contributed by atoms with E-state index in [9.17, 15) is 14.4 Å². The third-order valence-corrected chi connectivity index (χ3v) is 5.51. The van der Waals surface area contributed by atoms with E-state index < -0.39 is 17.8 Å². The van der Waals surface area contributed by atoms with Crippen LogP contribution in [0.2, 0.25) is 0 Å². The molecule has 1 N–H and O–H groups in total. The largest absolute Gasteiger partial charge is 0.484 e.